The fraction of sp³-hybridized carbons (Fsp3) is 0.0769. The number of aromatic nitrogens is 1. The molecule has 1 aromatic carbocycles. The Morgan fingerprint density at radius 1 is 1.37 bits per heavy atom. The van der Waals surface area contributed by atoms with Gasteiger partial charge in [-0.15, -0.1) is 0 Å². The van der Waals surface area contributed by atoms with Crippen LogP contribution in [0, 0.1) is 12.7 Å². The fourth-order valence-corrected chi connectivity index (χ4v) is 2.39. The second kappa shape index (κ2) is 5.63. The van der Waals surface area contributed by atoms with Crippen LogP contribution in [0.1, 0.15) is 11.3 Å². The molecular formula is C13H11BrFN3S. The van der Waals surface area contributed by atoms with Gasteiger partial charge in [0.15, 0.2) is 5.82 Å². The molecule has 19 heavy (non-hydrogen) atoms. The average molecular weight is 340 g/mol. The molecule has 0 atom stereocenters. The van der Waals surface area contributed by atoms with Gasteiger partial charge in [-0.3, -0.25) is 4.98 Å². The molecule has 0 saturated carbocycles. The second-order valence-electron chi connectivity index (χ2n) is 3.97. The van der Waals surface area contributed by atoms with E-state index in [-0.39, 0.29) is 9.46 Å². The van der Waals surface area contributed by atoms with Crippen molar-refractivity contribution in [1.82, 2.24) is 4.98 Å². The minimum atomic E-state index is -0.439. The summed E-state index contributed by atoms with van der Waals surface area (Å²) in [5.41, 5.74) is 7.92. The Kier molecular flexibility index (Phi) is 4.11. The van der Waals surface area contributed by atoms with Crippen LogP contribution in [0.5, 0.6) is 0 Å². The SMILES string of the molecule is Cc1ccc(Nc2ccc(C(N)=S)c(Br)c2F)cn1. The molecule has 0 radical (unpaired) electrons. The number of benzene rings is 1. The molecule has 0 aliphatic rings. The third-order valence-electron chi connectivity index (χ3n) is 2.54. The summed E-state index contributed by atoms with van der Waals surface area (Å²) in [5.74, 6) is -0.439. The first-order valence-corrected chi connectivity index (χ1v) is 6.66. The molecule has 0 spiro atoms. The van der Waals surface area contributed by atoms with Crippen LogP contribution in [0.15, 0.2) is 34.9 Å². The lowest BCUT2D eigenvalue weighted by atomic mass is 10.2. The van der Waals surface area contributed by atoms with Gasteiger partial charge in [-0.25, -0.2) is 4.39 Å². The third kappa shape index (κ3) is 3.08. The second-order valence-corrected chi connectivity index (χ2v) is 5.20. The highest BCUT2D eigenvalue weighted by Crippen LogP contribution is 2.29. The molecule has 6 heteroatoms. The first kappa shape index (κ1) is 13.9. The standard InChI is InChI=1S/C13H11BrFN3S/c1-7-2-3-8(6-17-7)18-10-5-4-9(13(16)19)11(14)12(10)15/h2-6,18H,1H3,(H2,16,19). The highest BCUT2D eigenvalue weighted by molar-refractivity contribution is 9.10. The van der Waals surface area contributed by atoms with E-state index in [0.717, 1.165) is 5.69 Å². The summed E-state index contributed by atoms with van der Waals surface area (Å²) in [7, 11) is 0. The van der Waals surface area contributed by atoms with Crippen molar-refractivity contribution < 1.29 is 4.39 Å². The summed E-state index contributed by atoms with van der Waals surface area (Å²) < 4.78 is 14.4. The van der Waals surface area contributed by atoms with Crippen molar-refractivity contribution >= 4 is 44.5 Å². The smallest absolute Gasteiger partial charge is 0.161 e. The molecule has 98 valence electrons. The lowest BCUT2D eigenvalue weighted by Gasteiger charge is -2.11. The van der Waals surface area contributed by atoms with E-state index in [1.165, 1.54) is 0 Å². The predicted octanol–water partition coefficient (Wildman–Crippen LogP) is 3.67. The summed E-state index contributed by atoms with van der Waals surface area (Å²) in [6.07, 6.45) is 1.64. The first-order chi connectivity index (χ1) is 8.99. The zero-order valence-corrected chi connectivity index (χ0v) is 12.5. The third-order valence-corrected chi connectivity index (χ3v) is 3.53. The van der Waals surface area contributed by atoms with Gasteiger partial charge in [-0.1, -0.05) is 12.2 Å². The Labute approximate surface area is 124 Å². The van der Waals surface area contributed by atoms with Gasteiger partial charge >= 0.3 is 0 Å². The summed E-state index contributed by atoms with van der Waals surface area (Å²) in [6, 6.07) is 6.93. The normalized spacial score (nSPS) is 10.3. The average Bonchev–Trinajstić information content (AvgIpc) is 2.37. The Bertz CT molecular complexity index is 629. The number of rotatable bonds is 3. The maximum absolute atomic E-state index is 14.1. The van der Waals surface area contributed by atoms with Crippen LogP contribution < -0.4 is 11.1 Å². The van der Waals surface area contributed by atoms with Crippen LogP contribution in [0.3, 0.4) is 0 Å². The van der Waals surface area contributed by atoms with Crippen molar-refractivity contribution in [3.63, 3.8) is 0 Å². The Morgan fingerprint density at radius 3 is 2.68 bits per heavy atom. The zero-order chi connectivity index (χ0) is 14.0. The highest BCUT2D eigenvalue weighted by atomic mass is 79.9. The van der Waals surface area contributed by atoms with Crippen LogP contribution in [0.4, 0.5) is 15.8 Å². The topological polar surface area (TPSA) is 50.9 Å². The van der Waals surface area contributed by atoms with Gasteiger partial charge in [-0.05, 0) is 47.1 Å². The fourth-order valence-electron chi connectivity index (χ4n) is 1.53. The largest absolute Gasteiger partial charge is 0.389 e. The van der Waals surface area contributed by atoms with Crippen molar-refractivity contribution in [2.75, 3.05) is 5.32 Å². The molecule has 1 aromatic heterocycles. The molecule has 0 aliphatic carbocycles. The number of anilines is 2. The summed E-state index contributed by atoms with van der Waals surface area (Å²) in [5, 5.41) is 2.95. The summed E-state index contributed by atoms with van der Waals surface area (Å²) in [4.78, 5) is 4.28. The van der Waals surface area contributed by atoms with Crippen molar-refractivity contribution in [1.29, 1.82) is 0 Å². The molecule has 3 nitrogen and oxygen atoms in total. The van der Waals surface area contributed by atoms with Gasteiger partial charge < -0.3 is 11.1 Å². The Morgan fingerprint density at radius 2 is 2.11 bits per heavy atom. The predicted molar refractivity (Wildman–Crippen MR) is 82.2 cm³/mol. The number of pyridine rings is 1. The molecule has 3 N–H and O–H groups in total. The van der Waals surface area contributed by atoms with Crippen LogP contribution >= 0.6 is 28.1 Å². The van der Waals surface area contributed by atoms with Gasteiger partial charge in [0.2, 0.25) is 0 Å². The van der Waals surface area contributed by atoms with E-state index in [0.29, 0.717) is 16.9 Å². The van der Waals surface area contributed by atoms with Crippen molar-refractivity contribution in [2.45, 2.75) is 6.92 Å². The molecule has 0 aliphatic heterocycles. The number of nitrogens with two attached hydrogens (primary N) is 1. The van der Waals surface area contributed by atoms with Crippen molar-refractivity contribution in [3.8, 4) is 0 Å². The maximum atomic E-state index is 14.1. The molecular weight excluding hydrogens is 329 g/mol. The quantitative estimate of drug-likeness (QED) is 0.837. The minimum Gasteiger partial charge on any atom is -0.389 e. The molecule has 0 amide bonds. The number of thiocarbonyl (C=S) groups is 1. The molecule has 2 aromatic rings. The number of hydrogen-bond acceptors (Lipinski definition) is 3. The monoisotopic (exact) mass is 339 g/mol. The lowest BCUT2D eigenvalue weighted by Crippen LogP contribution is -2.11. The van der Waals surface area contributed by atoms with E-state index in [1.54, 1.807) is 18.3 Å². The maximum Gasteiger partial charge on any atom is 0.161 e. The van der Waals surface area contributed by atoms with E-state index >= 15 is 0 Å². The molecule has 0 unspecified atom stereocenters. The van der Waals surface area contributed by atoms with Gasteiger partial charge in [0.1, 0.15) is 4.99 Å². The van der Waals surface area contributed by atoms with Crippen LogP contribution in [0.2, 0.25) is 0 Å². The molecule has 1 heterocycles. The van der Waals surface area contributed by atoms with Gasteiger partial charge in [0, 0.05) is 11.3 Å². The Balaban J connectivity index is 2.34. The minimum absolute atomic E-state index is 0.148. The Hall–Kier alpha value is -1.53. The summed E-state index contributed by atoms with van der Waals surface area (Å²) in [6.45, 7) is 1.89. The lowest BCUT2D eigenvalue weighted by molar-refractivity contribution is 0.625. The first-order valence-electron chi connectivity index (χ1n) is 5.46. The number of nitrogens with one attached hydrogen (secondary N) is 1. The number of nitrogens with zero attached hydrogens (tertiary/aromatic N) is 1. The van der Waals surface area contributed by atoms with Crippen LogP contribution in [-0.4, -0.2) is 9.97 Å². The van der Waals surface area contributed by atoms with Gasteiger partial charge in [0.25, 0.3) is 0 Å². The van der Waals surface area contributed by atoms with E-state index in [4.69, 9.17) is 18.0 Å². The molecule has 0 fully saturated rings. The molecule has 0 saturated heterocycles. The van der Waals surface area contributed by atoms with Gasteiger partial charge in [0.05, 0.1) is 22.0 Å². The van der Waals surface area contributed by atoms with E-state index in [1.807, 2.05) is 19.1 Å². The number of halogens is 2. The van der Waals surface area contributed by atoms with E-state index in [2.05, 4.69) is 26.2 Å². The highest BCUT2D eigenvalue weighted by Gasteiger charge is 2.13. The van der Waals surface area contributed by atoms with Gasteiger partial charge in [-0.2, -0.15) is 0 Å². The van der Waals surface area contributed by atoms with Crippen LogP contribution in [-0.2, 0) is 0 Å². The van der Waals surface area contributed by atoms with Crippen LogP contribution in [0.25, 0.3) is 0 Å². The zero-order valence-electron chi connectivity index (χ0n) is 10.1. The summed E-state index contributed by atoms with van der Waals surface area (Å²) >= 11 is 8.01. The van der Waals surface area contributed by atoms with Crippen molar-refractivity contribution in [3.05, 3.63) is 52.0 Å². The number of hydrogen-bond donors (Lipinski definition) is 2. The van der Waals surface area contributed by atoms with E-state index < -0.39 is 5.82 Å². The molecule has 0 bridgehead atoms. The number of aryl methyl sites for hydroxylation is 1. The van der Waals surface area contributed by atoms with Crippen molar-refractivity contribution in [2.24, 2.45) is 5.73 Å². The van der Waals surface area contributed by atoms with E-state index in [9.17, 15) is 4.39 Å². The molecule has 2 rings (SSSR count).